The van der Waals surface area contributed by atoms with Crippen LogP contribution in [0.3, 0.4) is 0 Å². The Morgan fingerprint density at radius 3 is 2.29 bits per heavy atom. The number of amides is 1. The number of carbonyl (C=O) groups excluding carboxylic acids is 1. The summed E-state index contributed by atoms with van der Waals surface area (Å²) in [4.78, 5) is 19.6. The number of aromatic hydroxyl groups is 1. The van der Waals surface area contributed by atoms with E-state index in [0.717, 1.165) is 41.3 Å². The Labute approximate surface area is 279 Å². The fourth-order valence-electron chi connectivity index (χ4n) is 6.51. The van der Waals surface area contributed by atoms with Crippen LogP contribution in [0.1, 0.15) is 38.4 Å². The predicted octanol–water partition coefficient (Wildman–Crippen LogP) is 4.09. The second-order valence-corrected chi connectivity index (χ2v) is 14.4. The molecule has 2 saturated heterocycles. The summed E-state index contributed by atoms with van der Waals surface area (Å²) in [7, 11) is -2.80. The maximum Gasteiger partial charge on any atom is 0.416 e. The smallest absolute Gasteiger partial charge is 0.416 e. The summed E-state index contributed by atoms with van der Waals surface area (Å²) in [5.74, 6) is -0.575. The van der Waals surface area contributed by atoms with E-state index >= 15 is 0 Å². The molecule has 0 bridgehead atoms. The maximum absolute atomic E-state index is 14.2. The van der Waals surface area contributed by atoms with Crippen LogP contribution >= 0.6 is 0 Å². The van der Waals surface area contributed by atoms with Crippen LogP contribution in [0.5, 0.6) is 5.75 Å². The molecule has 5 rings (SSSR count). The van der Waals surface area contributed by atoms with Crippen LogP contribution in [0.25, 0.3) is 0 Å². The van der Waals surface area contributed by atoms with E-state index in [2.05, 4.69) is 9.80 Å². The highest BCUT2D eigenvalue weighted by Crippen LogP contribution is 2.34. The lowest BCUT2D eigenvalue weighted by molar-refractivity contribution is -0.137. The molecular weight excluding hydrogens is 649 g/mol. The van der Waals surface area contributed by atoms with Gasteiger partial charge in [0.05, 0.1) is 29.8 Å². The number of aryl methyl sites for hydroxylation is 3. The van der Waals surface area contributed by atoms with E-state index in [1.807, 2.05) is 6.07 Å². The molecule has 2 aromatic carbocycles. The first kappa shape index (κ1) is 35.9. The predicted molar refractivity (Wildman–Crippen MR) is 174 cm³/mol. The molecule has 262 valence electrons. The van der Waals surface area contributed by atoms with Crippen molar-refractivity contribution in [2.24, 2.45) is 0 Å². The summed E-state index contributed by atoms with van der Waals surface area (Å²) in [5, 5.41) is 10.4. The number of halogens is 3. The highest BCUT2D eigenvalue weighted by Gasteiger charge is 2.37. The quantitative estimate of drug-likeness (QED) is 0.339. The van der Waals surface area contributed by atoms with E-state index in [9.17, 15) is 31.5 Å². The molecule has 1 amide bonds. The van der Waals surface area contributed by atoms with Gasteiger partial charge in [0, 0.05) is 75.9 Å². The molecule has 3 heterocycles. The first-order chi connectivity index (χ1) is 22.7. The average molecular weight is 693 g/mol. The van der Waals surface area contributed by atoms with E-state index < -0.39 is 38.6 Å². The number of nitrogens with zero attached hydrogens (tertiary/aromatic N) is 4. The van der Waals surface area contributed by atoms with E-state index in [-0.39, 0.29) is 24.0 Å². The van der Waals surface area contributed by atoms with E-state index in [1.165, 1.54) is 4.90 Å². The number of ether oxygens (including phenoxy) is 2. The van der Waals surface area contributed by atoms with Gasteiger partial charge in [-0.2, -0.15) is 13.2 Å². The van der Waals surface area contributed by atoms with Crippen molar-refractivity contribution < 1.29 is 41.0 Å². The van der Waals surface area contributed by atoms with Crippen LogP contribution in [0.4, 0.5) is 13.2 Å². The van der Waals surface area contributed by atoms with Crippen molar-refractivity contribution in [3.8, 4) is 5.75 Å². The first-order valence-electron chi connectivity index (χ1n) is 15.9. The van der Waals surface area contributed by atoms with E-state index in [0.29, 0.717) is 62.3 Å². The second kappa shape index (κ2) is 14.6. The molecule has 3 aromatic rings. The molecular formula is C34H43F3N4O6S. The summed E-state index contributed by atoms with van der Waals surface area (Å²) >= 11 is 0. The van der Waals surface area contributed by atoms with Crippen molar-refractivity contribution in [2.45, 2.75) is 50.4 Å². The Morgan fingerprint density at radius 1 is 0.958 bits per heavy atom. The van der Waals surface area contributed by atoms with Crippen molar-refractivity contribution >= 4 is 15.9 Å². The van der Waals surface area contributed by atoms with Gasteiger partial charge in [0.1, 0.15) is 5.75 Å². The van der Waals surface area contributed by atoms with Gasteiger partial charge in [-0.1, -0.05) is 12.1 Å². The largest absolute Gasteiger partial charge is 0.508 e. The molecule has 1 N–H and O–H groups in total. The summed E-state index contributed by atoms with van der Waals surface area (Å²) in [6.45, 7) is 10.1. The van der Waals surface area contributed by atoms with Crippen LogP contribution < -0.4 is 0 Å². The lowest BCUT2D eigenvalue weighted by atomic mass is 9.99. The molecule has 0 radical (unpaired) electrons. The van der Waals surface area contributed by atoms with Gasteiger partial charge in [-0.3, -0.25) is 14.6 Å². The fraction of sp³-hybridized carbons (Fsp3) is 0.500. The average Bonchev–Trinajstić information content (AvgIpc) is 3.39. The number of piperazine rings is 1. The Bertz CT molecular complexity index is 1710. The number of alkyl halides is 3. The molecule has 0 aliphatic carbocycles. The minimum Gasteiger partial charge on any atom is -0.508 e. The van der Waals surface area contributed by atoms with Crippen molar-refractivity contribution in [3.63, 3.8) is 0 Å². The summed E-state index contributed by atoms with van der Waals surface area (Å²) in [5.41, 5.74) is 0.562. The minimum atomic E-state index is -4.89. The van der Waals surface area contributed by atoms with E-state index in [4.69, 9.17) is 9.47 Å². The summed E-state index contributed by atoms with van der Waals surface area (Å²) in [6.07, 6.45) is -4.55. The molecule has 14 heteroatoms. The topological polar surface area (TPSA) is 105 Å². The Balaban J connectivity index is 1.44. The number of benzene rings is 2. The maximum atomic E-state index is 14.2. The number of carbonyl (C=O) groups is 1. The van der Waals surface area contributed by atoms with Gasteiger partial charge in [-0.05, 0) is 74.7 Å². The Morgan fingerprint density at radius 2 is 1.65 bits per heavy atom. The van der Waals surface area contributed by atoms with Crippen molar-refractivity contribution in [1.82, 2.24) is 18.7 Å². The van der Waals surface area contributed by atoms with Crippen LogP contribution in [0, 0.1) is 20.8 Å². The third-order valence-corrected chi connectivity index (χ3v) is 11.0. The van der Waals surface area contributed by atoms with Gasteiger partial charge in [-0.25, -0.2) is 12.4 Å². The molecule has 2 atom stereocenters. The normalized spacial score (nSPS) is 19.9. The van der Waals surface area contributed by atoms with Gasteiger partial charge >= 0.3 is 6.18 Å². The van der Waals surface area contributed by atoms with Crippen molar-refractivity contribution in [1.29, 1.82) is 0 Å². The lowest BCUT2D eigenvalue weighted by Crippen LogP contribution is -2.57. The zero-order valence-electron chi connectivity index (χ0n) is 27.7. The second-order valence-electron chi connectivity index (χ2n) is 12.7. The molecule has 10 nitrogen and oxygen atoms in total. The molecule has 0 saturated carbocycles. The number of rotatable bonds is 10. The minimum absolute atomic E-state index is 0.00769. The molecule has 2 fully saturated rings. The number of morpholine rings is 1. The molecule has 1 unspecified atom stereocenters. The summed E-state index contributed by atoms with van der Waals surface area (Å²) in [6, 6.07) is 10.3. The van der Waals surface area contributed by atoms with Crippen LogP contribution in [-0.2, 0) is 32.1 Å². The molecule has 1 aromatic heterocycles. The van der Waals surface area contributed by atoms with E-state index in [1.54, 1.807) is 52.1 Å². The standard InChI is InChI=1S/C34H43F3N4O6S/c1-23-5-8-26(16-32(23)42)15-29-20-38(9-10-39-13-14-47-30(21-39)22-46-4)11-12-40(29)33(43)27-17-28(34(35,36)37)19-31(18-27)48(44,45)41-24(2)6-7-25(41)3/h5-8,16-19,29-30,42H,9-15,20-22H2,1-4H3/t29?,30-/m0/s1. The molecule has 2 aliphatic heterocycles. The summed E-state index contributed by atoms with van der Waals surface area (Å²) < 4.78 is 81.8. The number of methoxy groups -OCH3 is 1. The lowest BCUT2D eigenvalue weighted by Gasteiger charge is -2.43. The van der Waals surface area contributed by atoms with Gasteiger partial charge in [0.2, 0.25) is 0 Å². The molecule has 0 spiro atoms. The van der Waals surface area contributed by atoms with Gasteiger partial charge in [-0.15, -0.1) is 0 Å². The van der Waals surface area contributed by atoms with Crippen LogP contribution in [0.2, 0.25) is 0 Å². The Kier molecular flexibility index (Phi) is 10.9. The van der Waals surface area contributed by atoms with Gasteiger partial charge in [0.15, 0.2) is 0 Å². The van der Waals surface area contributed by atoms with Gasteiger partial charge < -0.3 is 19.5 Å². The number of hydrogen-bond acceptors (Lipinski definition) is 8. The number of phenolic OH excluding ortho intramolecular Hbond substituents is 1. The molecule has 2 aliphatic rings. The highest BCUT2D eigenvalue weighted by atomic mass is 32.2. The third-order valence-electron chi connectivity index (χ3n) is 9.11. The SMILES string of the molecule is COC[C@@H]1CN(CCN2CCN(C(=O)c3cc(C(F)(F)F)cc(S(=O)(=O)n4c(C)ccc4C)c3)C(Cc3ccc(C)c(O)c3)C2)CCO1. The zero-order chi connectivity index (χ0) is 34.8. The number of hydrogen-bond donors (Lipinski definition) is 1. The monoisotopic (exact) mass is 692 g/mol. The number of phenols is 1. The number of aromatic nitrogens is 1. The van der Waals surface area contributed by atoms with Crippen molar-refractivity contribution in [2.75, 3.05) is 66.1 Å². The highest BCUT2D eigenvalue weighted by molar-refractivity contribution is 7.90. The van der Waals surface area contributed by atoms with Crippen molar-refractivity contribution in [3.05, 3.63) is 82.2 Å². The zero-order valence-corrected chi connectivity index (χ0v) is 28.5. The molecule has 48 heavy (non-hydrogen) atoms. The van der Waals surface area contributed by atoms with Crippen LogP contribution in [0.15, 0.2) is 53.4 Å². The Hall–Kier alpha value is -3.43. The first-order valence-corrected chi connectivity index (χ1v) is 17.4. The van der Waals surface area contributed by atoms with Crippen LogP contribution in [-0.4, -0.2) is 116 Å². The third kappa shape index (κ3) is 8.05. The fourth-order valence-corrected chi connectivity index (χ4v) is 8.15. The van der Waals surface area contributed by atoms with Gasteiger partial charge in [0.25, 0.3) is 15.9 Å².